The summed E-state index contributed by atoms with van der Waals surface area (Å²) in [5.74, 6) is 0. The Morgan fingerprint density at radius 3 is 2.04 bits per heavy atom. The van der Waals surface area contributed by atoms with E-state index in [9.17, 15) is 10.2 Å². The van der Waals surface area contributed by atoms with Crippen molar-refractivity contribution >= 4 is 10.9 Å². The lowest BCUT2D eigenvalue weighted by Crippen LogP contribution is -2.27. The molecular formula is C23H22N2O2. The molecule has 4 N–H and O–H groups in total. The molecule has 136 valence electrons. The van der Waals surface area contributed by atoms with Crippen LogP contribution in [0, 0.1) is 0 Å². The Balaban J connectivity index is 2.12. The first-order valence-electron chi connectivity index (χ1n) is 9.02. The molecule has 0 fully saturated rings. The minimum absolute atomic E-state index is 0.0137. The van der Waals surface area contributed by atoms with Crippen LogP contribution in [0.5, 0.6) is 0 Å². The van der Waals surface area contributed by atoms with Crippen molar-refractivity contribution in [1.29, 1.82) is 0 Å². The summed E-state index contributed by atoms with van der Waals surface area (Å²) in [6, 6.07) is 27.9. The number of aliphatic hydroxyl groups excluding tert-OH is 2. The highest BCUT2D eigenvalue weighted by molar-refractivity contribution is 5.94. The number of aromatic nitrogens is 1. The molecule has 4 nitrogen and oxygen atoms in total. The SMILES string of the molecule is NCC(O)C(O)c1c(-c2ccccc2)n(-c2ccccc2)c2ccccc12. The monoisotopic (exact) mass is 358 g/mol. The van der Waals surface area contributed by atoms with Crippen LogP contribution in [0.25, 0.3) is 27.8 Å². The number of rotatable bonds is 5. The Morgan fingerprint density at radius 1 is 0.778 bits per heavy atom. The fraction of sp³-hybridized carbons (Fsp3) is 0.130. The van der Waals surface area contributed by atoms with Crippen LogP contribution in [0.4, 0.5) is 0 Å². The van der Waals surface area contributed by atoms with Gasteiger partial charge in [0.15, 0.2) is 0 Å². The van der Waals surface area contributed by atoms with Crippen molar-refractivity contribution < 1.29 is 10.2 Å². The summed E-state index contributed by atoms with van der Waals surface area (Å²) < 4.78 is 2.13. The first-order valence-corrected chi connectivity index (χ1v) is 9.02. The van der Waals surface area contributed by atoms with Gasteiger partial charge in [0.1, 0.15) is 6.10 Å². The van der Waals surface area contributed by atoms with Gasteiger partial charge in [-0.25, -0.2) is 0 Å². The fourth-order valence-electron chi connectivity index (χ4n) is 3.61. The van der Waals surface area contributed by atoms with Crippen LogP contribution in [0.3, 0.4) is 0 Å². The van der Waals surface area contributed by atoms with Crippen LogP contribution in [0.1, 0.15) is 11.7 Å². The van der Waals surface area contributed by atoms with E-state index in [1.807, 2.05) is 84.9 Å². The van der Waals surface area contributed by atoms with E-state index in [2.05, 4.69) is 4.57 Å². The molecule has 2 atom stereocenters. The van der Waals surface area contributed by atoms with Crippen molar-refractivity contribution in [3.8, 4) is 16.9 Å². The van der Waals surface area contributed by atoms with Gasteiger partial charge in [0, 0.05) is 23.2 Å². The van der Waals surface area contributed by atoms with Crippen molar-refractivity contribution in [2.75, 3.05) is 6.54 Å². The average molecular weight is 358 g/mol. The number of aliphatic hydroxyl groups is 2. The van der Waals surface area contributed by atoms with Gasteiger partial charge in [-0.3, -0.25) is 0 Å². The summed E-state index contributed by atoms with van der Waals surface area (Å²) in [5.41, 5.74) is 10.1. The fourth-order valence-corrected chi connectivity index (χ4v) is 3.61. The molecule has 2 unspecified atom stereocenters. The molecular weight excluding hydrogens is 336 g/mol. The van der Waals surface area contributed by atoms with Gasteiger partial charge in [0.25, 0.3) is 0 Å². The van der Waals surface area contributed by atoms with Gasteiger partial charge in [0.2, 0.25) is 0 Å². The molecule has 1 aromatic heterocycles. The lowest BCUT2D eigenvalue weighted by Gasteiger charge is -2.19. The van der Waals surface area contributed by atoms with Crippen LogP contribution < -0.4 is 5.73 Å². The van der Waals surface area contributed by atoms with Crippen molar-refractivity contribution in [2.45, 2.75) is 12.2 Å². The lowest BCUT2D eigenvalue weighted by molar-refractivity contribution is 0.0255. The minimum Gasteiger partial charge on any atom is -0.389 e. The molecule has 0 saturated heterocycles. The minimum atomic E-state index is -1.08. The van der Waals surface area contributed by atoms with Crippen LogP contribution >= 0.6 is 0 Å². The Hall–Kier alpha value is -2.92. The smallest absolute Gasteiger partial charge is 0.109 e. The van der Waals surface area contributed by atoms with E-state index in [1.54, 1.807) is 0 Å². The lowest BCUT2D eigenvalue weighted by atomic mass is 9.97. The predicted molar refractivity (Wildman–Crippen MR) is 109 cm³/mol. The van der Waals surface area contributed by atoms with Gasteiger partial charge in [-0.05, 0) is 23.8 Å². The van der Waals surface area contributed by atoms with Crippen molar-refractivity contribution in [2.24, 2.45) is 5.73 Å². The highest BCUT2D eigenvalue weighted by Crippen LogP contribution is 2.40. The molecule has 27 heavy (non-hydrogen) atoms. The van der Waals surface area contributed by atoms with Crippen molar-refractivity contribution in [3.05, 3.63) is 90.5 Å². The van der Waals surface area contributed by atoms with E-state index in [0.29, 0.717) is 5.56 Å². The third-order valence-electron chi connectivity index (χ3n) is 4.88. The highest BCUT2D eigenvalue weighted by atomic mass is 16.3. The van der Waals surface area contributed by atoms with Crippen LogP contribution in [0.2, 0.25) is 0 Å². The van der Waals surface area contributed by atoms with Gasteiger partial charge in [0.05, 0.1) is 17.3 Å². The zero-order valence-corrected chi connectivity index (χ0v) is 14.9. The number of fused-ring (bicyclic) bond motifs is 1. The standard InChI is InChI=1S/C23H22N2O2/c24-15-20(26)23(27)21-18-13-7-8-14-19(18)25(17-11-5-2-6-12-17)22(21)16-9-3-1-4-10-16/h1-14,20,23,26-27H,15,24H2. The number of hydrogen-bond donors (Lipinski definition) is 3. The Kier molecular flexibility index (Phi) is 4.77. The number of para-hydroxylation sites is 2. The number of nitrogens with zero attached hydrogens (tertiary/aromatic N) is 1. The number of benzene rings is 3. The quantitative estimate of drug-likeness (QED) is 0.510. The molecule has 0 aliphatic rings. The molecule has 3 aromatic carbocycles. The maximum atomic E-state index is 10.9. The third kappa shape index (κ3) is 3.04. The van der Waals surface area contributed by atoms with Crippen molar-refractivity contribution in [1.82, 2.24) is 4.57 Å². The summed E-state index contributed by atoms with van der Waals surface area (Å²) in [5, 5.41) is 22.2. The molecule has 0 radical (unpaired) electrons. The van der Waals surface area contributed by atoms with Gasteiger partial charge >= 0.3 is 0 Å². The Bertz CT molecular complexity index is 1040. The van der Waals surface area contributed by atoms with Gasteiger partial charge in [-0.1, -0.05) is 66.7 Å². The van der Waals surface area contributed by atoms with Crippen LogP contribution in [-0.4, -0.2) is 27.4 Å². The molecule has 0 aliphatic heterocycles. The maximum absolute atomic E-state index is 10.9. The normalized spacial score (nSPS) is 13.6. The summed E-state index contributed by atoms with van der Waals surface area (Å²) >= 11 is 0. The second-order valence-corrected chi connectivity index (χ2v) is 6.56. The van der Waals surface area contributed by atoms with E-state index in [-0.39, 0.29) is 6.54 Å². The summed E-state index contributed by atoms with van der Waals surface area (Å²) in [7, 11) is 0. The zero-order chi connectivity index (χ0) is 18.8. The molecule has 0 spiro atoms. The van der Waals surface area contributed by atoms with Gasteiger partial charge in [-0.2, -0.15) is 0 Å². The molecule has 4 heteroatoms. The molecule has 0 aliphatic carbocycles. The first kappa shape index (κ1) is 17.5. The van der Waals surface area contributed by atoms with E-state index < -0.39 is 12.2 Å². The first-order chi connectivity index (χ1) is 13.2. The Morgan fingerprint density at radius 2 is 1.37 bits per heavy atom. The Labute approximate surface area is 158 Å². The molecule has 0 bridgehead atoms. The third-order valence-corrected chi connectivity index (χ3v) is 4.88. The van der Waals surface area contributed by atoms with E-state index in [1.165, 1.54) is 0 Å². The summed E-state index contributed by atoms with van der Waals surface area (Å²) in [6.07, 6.45) is -2.12. The predicted octanol–water partition coefficient (Wildman–Crippen LogP) is 3.65. The molecule has 0 amide bonds. The molecule has 1 heterocycles. The summed E-state index contributed by atoms with van der Waals surface area (Å²) in [6.45, 7) is -0.0137. The van der Waals surface area contributed by atoms with Crippen LogP contribution in [-0.2, 0) is 0 Å². The van der Waals surface area contributed by atoms with E-state index in [0.717, 1.165) is 27.8 Å². The number of nitrogens with two attached hydrogens (primary N) is 1. The van der Waals surface area contributed by atoms with Crippen molar-refractivity contribution in [3.63, 3.8) is 0 Å². The second-order valence-electron chi connectivity index (χ2n) is 6.56. The maximum Gasteiger partial charge on any atom is 0.109 e. The molecule has 4 rings (SSSR count). The highest BCUT2D eigenvalue weighted by Gasteiger charge is 2.28. The zero-order valence-electron chi connectivity index (χ0n) is 14.9. The van der Waals surface area contributed by atoms with Gasteiger partial charge < -0.3 is 20.5 Å². The average Bonchev–Trinajstić information content (AvgIpc) is 3.09. The van der Waals surface area contributed by atoms with Crippen LogP contribution in [0.15, 0.2) is 84.9 Å². The molecule has 4 aromatic rings. The van der Waals surface area contributed by atoms with Gasteiger partial charge in [-0.15, -0.1) is 0 Å². The summed E-state index contributed by atoms with van der Waals surface area (Å²) in [4.78, 5) is 0. The van der Waals surface area contributed by atoms with E-state index >= 15 is 0 Å². The second kappa shape index (κ2) is 7.37. The number of hydrogen-bond acceptors (Lipinski definition) is 3. The molecule has 0 saturated carbocycles. The van der Waals surface area contributed by atoms with E-state index in [4.69, 9.17) is 5.73 Å². The topological polar surface area (TPSA) is 71.4 Å². The largest absolute Gasteiger partial charge is 0.389 e.